The van der Waals surface area contributed by atoms with Gasteiger partial charge in [0, 0.05) is 0 Å². The SMILES string of the molecule is COC=C(C(=O)OC)c1ccc(OCc2ccccc2)cc1. The van der Waals surface area contributed by atoms with Crippen LogP contribution in [0.5, 0.6) is 5.75 Å². The van der Waals surface area contributed by atoms with Crippen molar-refractivity contribution < 1.29 is 19.0 Å². The van der Waals surface area contributed by atoms with Gasteiger partial charge in [-0.15, -0.1) is 0 Å². The third kappa shape index (κ3) is 4.12. The summed E-state index contributed by atoms with van der Waals surface area (Å²) >= 11 is 0. The number of rotatable bonds is 6. The van der Waals surface area contributed by atoms with Crippen LogP contribution in [0.15, 0.2) is 60.9 Å². The second kappa shape index (κ2) is 7.88. The zero-order chi connectivity index (χ0) is 15.8. The molecule has 22 heavy (non-hydrogen) atoms. The lowest BCUT2D eigenvalue weighted by Gasteiger charge is -2.09. The van der Waals surface area contributed by atoms with Crippen LogP contribution in [-0.2, 0) is 20.9 Å². The van der Waals surface area contributed by atoms with Crippen LogP contribution in [-0.4, -0.2) is 20.2 Å². The fourth-order valence-electron chi connectivity index (χ4n) is 1.93. The van der Waals surface area contributed by atoms with E-state index in [0.717, 1.165) is 11.3 Å². The molecule has 2 rings (SSSR count). The highest BCUT2D eigenvalue weighted by molar-refractivity contribution is 6.16. The topological polar surface area (TPSA) is 44.8 Å². The Labute approximate surface area is 129 Å². The van der Waals surface area contributed by atoms with Gasteiger partial charge in [-0.1, -0.05) is 42.5 Å². The van der Waals surface area contributed by atoms with Gasteiger partial charge in [0.25, 0.3) is 0 Å². The molecule has 0 aliphatic heterocycles. The molecule has 0 fully saturated rings. The Balaban J connectivity index is 2.06. The Morgan fingerprint density at radius 1 is 1.00 bits per heavy atom. The zero-order valence-corrected chi connectivity index (χ0v) is 12.6. The number of ether oxygens (including phenoxy) is 3. The highest BCUT2D eigenvalue weighted by Crippen LogP contribution is 2.20. The molecule has 0 heterocycles. The van der Waals surface area contributed by atoms with E-state index in [4.69, 9.17) is 14.2 Å². The summed E-state index contributed by atoms with van der Waals surface area (Å²) in [5, 5.41) is 0. The first-order chi connectivity index (χ1) is 10.7. The predicted molar refractivity (Wildman–Crippen MR) is 84.2 cm³/mol. The Bertz CT molecular complexity index is 630. The molecule has 4 nitrogen and oxygen atoms in total. The molecule has 0 aliphatic carbocycles. The van der Waals surface area contributed by atoms with E-state index in [9.17, 15) is 4.79 Å². The van der Waals surface area contributed by atoms with Gasteiger partial charge in [0.15, 0.2) is 0 Å². The van der Waals surface area contributed by atoms with Gasteiger partial charge in [0.05, 0.1) is 20.5 Å². The number of hydrogen-bond acceptors (Lipinski definition) is 4. The highest BCUT2D eigenvalue weighted by atomic mass is 16.5. The van der Waals surface area contributed by atoms with Crippen molar-refractivity contribution >= 4 is 11.5 Å². The number of benzene rings is 2. The molecular weight excluding hydrogens is 280 g/mol. The minimum absolute atomic E-state index is 0.361. The van der Waals surface area contributed by atoms with Crippen LogP contribution < -0.4 is 4.74 Å². The molecule has 2 aromatic carbocycles. The van der Waals surface area contributed by atoms with E-state index in [-0.39, 0.29) is 0 Å². The average Bonchev–Trinajstić information content (AvgIpc) is 2.59. The molecule has 0 bridgehead atoms. The number of methoxy groups -OCH3 is 2. The number of esters is 1. The summed E-state index contributed by atoms with van der Waals surface area (Å²) in [6.45, 7) is 0.498. The monoisotopic (exact) mass is 298 g/mol. The van der Waals surface area contributed by atoms with Crippen molar-refractivity contribution in [2.45, 2.75) is 6.61 Å². The van der Waals surface area contributed by atoms with Crippen LogP contribution in [0.1, 0.15) is 11.1 Å². The van der Waals surface area contributed by atoms with Gasteiger partial charge in [-0.2, -0.15) is 0 Å². The van der Waals surface area contributed by atoms with E-state index in [0.29, 0.717) is 17.7 Å². The van der Waals surface area contributed by atoms with E-state index in [1.165, 1.54) is 20.5 Å². The molecule has 0 spiro atoms. The van der Waals surface area contributed by atoms with Crippen molar-refractivity contribution in [3.8, 4) is 5.75 Å². The molecule has 114 valence electrons. The Kier molecular flexibility index (Phi) is 5.60. The van der Waals surface area contributed by atoms with Crippen molar-refractivity contribution in [1.29, 1.82) is 0 Å². The minimum Gasteiger partial charge on any atom is -0.503 e. The summed E-state index contributed by atoms with van der Waals surface area (Å²) in [7, 11) is 2.82. The molecule has 0 saturated carbocycles. The molecule has 0 amide bonds. The smallest absolute Gasteiger partial charge is 0.341 e. The molecular formula is C18H18O4. The summed E-state index contributed by atoms with van der Waals surface area (Å²) in [6, 6.07) is 17.1. The maximum Gasteiger partial charge on any atom is 0.341 e. The average molecular weight is 298 g/mol. The van der Waals surface area contributed by atoms with Crippen LogP contribution in [0, 0.1) is 0 Å². The van der Waals surface area contributed by atoms with Crippen molar-refractivity contribution in [2.75, 3.05) is 14.2 Å². The largest absolute Gasteiger partial charge is 0.503 e. The fraction of sp³-hybridized carbons (Fsp3) is 0.167. The lowest BCUT2D eigenvalue weighted by Crippen LogP contribution is -2.04. The van der Waals surface area contributed by atoms with Crippen molar-refractivity contribution in [2.24, 2.45) is 0 Å². The van der Waals surface area contributed by atoms with E-state index in [1.54, 1.807) is 12.1 Å². The third-order valence-electron chi connectivity index (χ3n) is 3.05. The number of carbonyl (C=O) groups is 1. The molecule has 0 atom stereocenters. The zero-order valence-electron chi connectivity index (χ0n) is 12.6. The third-order valence-corrected chi connectivity index (χ3v) is 3.05. The van der Waals surface area contributed by atoms with E-state index < -0.39 is 5.97 Å². The minimum atomic E-state index is -0.445. The maximum atomic E-state index is 11.7. The first-order valence-corrected chi connectivity index (χ1v) is 6.83. The predicted octanol–water partition coefficient (Wildman–Crippen LogP) is 3.43. The van der Waals surface area contributed by atoms with Crippen LogP contribution in [0.2, 0.25) is 0 Å². The quantitative estimate of drug-likeness (QED) is 0.465. The maximum absolute atomic E-state index is 11.7. The van der Waals surface area contributed by atoms with Crippen LogP contribution in [0.25, 0.3) is 5.57 Å². The van der Waals surface area contributed by atoms with Crippen molar-refractivity contribution in [3.63, 3.8) is 0 Å². The fourth-order valence-corrected chi connectivity index (χ4v) is 1.93. The summed E-state index contributed by atoms with van der Waals surface area (Å²) in [4.78, 5) is 11.7. The van der Waals surface area contributed by atoms with Gasteiger partial charge >= 0.3 is 5.97 Å². The molecule has 0 saturated heterocycles. The molecule has 0 aromatic heterocycles. The standard InChI is InChI=1S/C18H18O4/c1-20-13-17(18(19)21-2)15-8-10-16(11-9-15)22-12-14-6-4-3-5-7-14/h3-11,13H,12H2,1-2H3. The summed E-state index contributed by atoms with van der Waals surface area (Å²) in [5.74, 6) is 0.286. The van der Waals surface area contributed by atoms with Crippen LogP contribution in [0.3, 0.4) is 0 Å². The van der Waals surface area contributed by atoms with Gasteiger partial charge in [-0.25, -0.2) is 4.79 Å². The van der Waals surface area contributed by atoms with Gasteiger partial charge < -0.3 is 14.2 Å². The Morgan fingerprint density at radius 3 is 2.27 bits per heavy atom. The van der Waals surface area contributed by atoms with Crippen molar-refractivity contribution in [1.82, 2.24) is 0 Å². The van der Waals surface area contributed by atoms with Crippen LogP contribution in [0.4, 0.5) is 0 Å². The molecule has 4 heteroatoms. The van der Waals surface area contributed by atoms with Gasteiger partial charge in [0.1, 0.15) is 17.9 Å². The molecule has 0 radical (unpaired) electrons. The molecule has 0 N–H and O–H groups in total. The normalized spacial score (nSPS) is 10.9. The second-order valence-corrected chi connectivity index (χ2v) is 4.56. The highest BCUT2D eigenvalue weighted by Gasteiger charge is 2.12. The Morgan fingerprint density at radius 2 is 1.68 bits per heavy atom. The molecule has 2 aromatic rings. The first-order valence-electron chi connectivity index (χ1n) is 6.83. The van der Waals surface area contributed by atoms with Gasteiger partial charge in [-0.3, -0.25) is 0 Å². The summed E-state index contributed by atoms with van der Waals surface area (Å²) < 4.78 is 15.4. The number of carbonyl (C=O) groups excluding carboxylic acids is 1. The Hall–Kier alpha value is -2.75. The summed E-state index contributed by atoms with van der Waals surface area (Å²) in [6.07, 6.45) is 1.37. The van der Waals surface area contributed by atoms with E-state index >= 15 is 0 Å². The van der Waals surface area contributed by atoms with Crippen LogP contribution >= 0.6 is 0 Å². The first kappa shape index (κ1) is 15.6. The summed E-state index contributed by atoms with van der Waals surface area (Å²) in [5.41, 5.74) is 2.17. The molecule has 0 unspecified atom stereocenters. The number of hydrogen-bond donors (Lipinski definition) is 0. The van der Waals surface area contributed by atoms with Gasteiger partial charge in [0.2, 0.25) is 0 Å². The molecule has 0 aliphatic rings. The van der Waals surface area contributed by atoms with Gasteiger partial charge in [-0.05, 0) is 23.3 Å². The van der Waals surface area contributed by atoms with Crippen molar-refractivity contribution in [3.05, 3.63) is 72.0 Å². The second-order valence-electron chi connectivity index (χ2n) is 4.56. The lowest BCUT2D eigenvalue weighted by atomic mass is 10.1. The van der Waals surface area contributed by atoms with E-state index in [2.05, 4.69) is 0 Å². The lowest BCUT2D eigenvalue weighted by molar-refractivity contribution is -0.133. The van der Waals surface area contributed by atoms with E-state index in [1.807, 2.05) is 42.5 Å².